The molecule has 2 aliphatic heterocycles. The summed E-state index contributed by atoms with van der Waals surface area (Å²) in [6.07, 6.45) is 1.33. The van der Waals surface area contributed by atoms with Gasteiger partial charge in [0.15, 0.2) is 5.13 Å². The van der Waals surface area contributed by atoms with E-state index in [2.05, 4.69) is 4.98 Å². The second kappa shape index (κ2) is 7.59. The van der Waals surface area contributed by atoms with Gasteiger partial charge in [-0.25, -0.2) is 4.98 Å². The number of anilines is 1. The lowest BCUT2D eigenvalue weighted by Crippen LogP contribution is -2.48. The number of aliphatic hydroxyl groups is 1. The zero-order chi connectivity index (χ0) is 20.9. The summed E-state index contributed by atoms with van der Waals surface area (Å²) in [7, 11) is -2.01. The van der Waals surface area contributed by atoms with Gasteiger partial charge >= 0.3 is 0 Å². The summed E-state index contributed by atoms with van der Waals surface area (Å²) < 4.78 is 29.9. The van der Waals surface area contributed by atoms with Gasteiger partial charge in [0.05, 0.1) is 34.8 Å². The largest absolute Gasteiger partial charge is 0.392 e. The molecule has 0 aliphatic carbocycles. The number of carbonyl (C=O) groups is 1. The first kappa shape index (κ1) is 20.7. The molecule has 3 atom stereocenters. The van der Waals surface area contributed by atoms with E-state index in [9.17, 15) is 18.3 Å². The molecule has 1 N–H and O–H groups in total. The number of hydrogen-bond acceptors (Lipinski definition) is 6. The van der Waals surface area contributed by atoms with Gasteiger partial charge in [0.1, 0.15) is 0 Å². The van der Waals surface area contributed by atoms with Gasteiger partial charge in [-0.05, 0) is 30.5 Å². The van der Waals surface area contributed by atoms with Crippen molar-refractivity contribution < 1.29 is 18.3 Å². The van der Waals surface area contributed by atoms with Crippen LogP contribution in [0.15, 0.2) is 18.2 Å². The Bertz CT molecular complexity index is 1040. The third-order valence-corrected chi connectivity index (χ3v) is 8.91. The molecule has 2 saturated heterocycles. The number of aliphatic hydroxyl groups excluding tert-OH is 1. The lowest BCUT2D eigenvalue weighted by atomic mass is 10.0. The van der Waals surface area contributed by atoms with Crippen molar-refractivity contribution in [3.8, 4) is 0 Å². The van der Waals surface area contributed by atoms with E-state index in [4.69, 9.17) is 0 Å². The zero-order valence-electron chi connectivity index (χ0n) is 16.8. The highest BCUT2D eigenvalue weighted by atomic mass is 32.2. The second-order valence-corrected chi connectivity index (χ2v) is 10.7. The van der Waals surface area contributed by atoms with E-state index >= 15 is 0 Å². The van der Waals surface area contributed by atoms with E-state index < -0.39 is 16.1 Å². The molecular formula is C19H26N4O4S2. The maximum absolute atomic E-state index is 13.1. The molecule has 1 amide bonds. The molecule has 0 radical (unpaired) electrons. The Hall–Kier alpha value is -1.59. The number of nitrogens with zero attached hydrogens (tertiary/aromatic N) is 4. The summed E-state index contributed by atoms with van der Waals surface area (Å²) in [6, 6.07) is 4.94. The maximum atomic E-state index is 13.1. The van der Waals surface area contributed by atoms with E-state index in [1.54, 1.807) is 11.9 Å². The Morgan fingerprint density at radius 1 is 1.38 bits per heavy atom. The Morgan fingerprint density at radius 3 is 2.83 bits per heavy atom. The van der Waals surface area contributed by atoms with Gasteiger partial charge in [-0.1, -0.05) is 31.3 Å². The standard InChI is InChI=1S/C19H26N4O4S2/c1-4-8-21(3)29(26,27)22-9-7-15-17(22)12(2)18(25)23(15)19-20-14-6-5-13(11-24)10-16(14)28-19/h5-6,10,12,15,17,24H,4,7-9,11H2,1-3H3/t12-,15-,17+/m0/s1. The lowest BCUT2D eigenvalue weighted by molar-refractivity contribution is -0.120. The fraction of sp³-hybridized carbons (Fsp3) is 0.579. The molecule has 3 heterocycles. The number of amides is 1. The minimum absolute atomic E-state index is 0.0500. The van der Waals surface area contributed by atoms with Crippen molar-refractivity contribution in [1.82, 2.24) is 13.6 Å². The number of aromatic nitrogens is 1. The fourth-order valence-corrected chi connectivity index (χ4v) is 7.27. The highest BCUT2D eigenvalue weighted by molar-refractivity contribution is 7.86. The Labute approximate surface area is 174 Å². The van der Waals surface area contributed by atoms with E-state index in [0.717, 1.165) is 22.2 Å². The number of rotatable bonds is 6. The monoisotopic (exact) mass is 438 g/mol. The first-order valence-corrected chi connectivity index (χ1v) is 12.1. The van der Waals surface area contributed by atoms with Crippen LogP contribution >= 0.6 is 11.3 Å². The van der Waals surface area contributed by atoms with Gasteiger partial charge in [0.2, 0.25) is 5.91 Å². The number of hydrogen-bond donors (Lipinski definition) is 1. The van der Waals surface area contributed by atoms with Crippen LogP contribution in [-0.2, 0) is 21.6 Å². The molecule has 1 aromatic carbocycles. The maximum Gasteiger partial charge on any atom is 0.282 e. The van der Waals surface area contributed by atoms with Crippen LogP contribution in [-0.4, -0.2) is 65.2 Å². The molecule has 0 spiro atoms. The van der Waals surface area contributed by atoms with Crippen molar-refractivity contribution in [2.75, 3.05) is 25.0 Å². The normalized spacial score (nSPS) is 25.5. The SMILES string of the molecule is CCCN(C)S(=O)(=O)N1CC[C@H]2[C@H]1[C@H](C)C(=O)N2c1nc2ccc(CO)cc2s1. The number of fused-ring (bicyclic) bond motifs is 2. The summed E-state index contributed by atoms with van der Waals surface area (Å²) >= 11 is 1.41. The predicted octanol–water partition coefficient (Wildman–Crippen LogP) is 1.80. The molecule has 158 valence electrons. The van der Waals surface area contributed by atoms with Crippen LogP contribution < -0.4 is 4.90 Å². The van der Waals surface area contributed by atoms with Crippen molar-refractivity contribution in [2.24, 2.45) is 5.92 Å². The van der Waals surface area contributed by atoms with Crippen LogP contribution in [0.2, 0.25) is 0 Å². The summed E-state index contributed by atoms with van der Waals surface area (Å²) in [5.41, 5.74) is 1.57. The highest BCUT2D eigenvalue weighted by Gasteiger charge is 2.56. The van der Waals surface area contributed by atoms with E-state index in [1.807, 2.05) is 32.0 Å². The third-order valence-electron chi connectivity index (χ3n) is 5.90. The zero-order valence-corrected chi connectivity index (χ0v) is 18.4. The van der Waals surface area contributed by atoms with Crippen LogP contribution in [0.4, 0.5) is 5.13 Å². The molecule has 2 aliphatic rings. The van der Waals surface area contributed by atoms with Gasteiger partial charge in [-0.2, -0.15) is 17.0 Å². The third kappa shape index (κ3) is 3.27. The molecule has 0 bridgehead atoms. The van der Waals surface area contributed by atoms with Crippen molar-refractivity contribution in [3.63, 3.8) is 0 Å². The van der Waals surface area contributed by atoms with Crippen LogP contribution in [0.3, 0.4) is 0 Å². The Balaban J connectivity index is 1.68. The lowest BCUT2D eigenvalue weighted by Gasteiger charge is -2.29. The van der Waals surface area contributed by atoms with Gasteiger partial charge in [-0.3, -0.25) is 9.69 Å². The Morgan fingerprint density at radius 2 is 2.14 bits per heavy atom. The summed E-state index contributed by atoms with van der Waals surface area (Å²) in [5, 5.41) is 9.95. The minimum Gasteiger partial charge on any atom is -0.392 e. The first-order chi connectivity index (χ1) is 13.8. The molecule has 0 saturated carbocycles. The summed E-state index contributed by atoms with van der Waals surface area (Å²) in [5.74, 6) is -0.508. The van der Waals surface area contributed by atoms with E-state index in [0.29, 0.717) is 24.6 Å². The fourth-order valence-electron chi connectivity index (χ4n) is 4.44. The number of benzene rings is 1. The van der Waals surface area contributed by atoms with Gasteiger partial charge in [0, 0.05) is 20.1 Å². The average molecular weight is 439 g/mol. The van der Waals surface area contributed by atoms with Crippen molar-refractivity contribution >= 4 is 42.8 Å². The molecule has 1 aromatic heterocycles. The van der Waals surface area contributed by atoms with Crippen LogP contribution in [0, 0.1) is 5.92 Å². The topological polar surface area (TPSA) is 94.1 Å². The summed E-state index contributed by atoms with van der Waals surface area (Å²) in [6.45, 7) is 4.56. The Kier molecular flexibility index (Phi) is 5.41. The molecule has 8 nitrogen and oxygen atoms in total. The average Bonchev–Trinajstić information content (AvgIpc) is 3.36. The van der Waals surface area contributed by atoms with Crippen LogP contribution in [0.1, 0.15) is 32.3 Å². The highest BCUT2D eigenvalue weighted by Crippen LogP contribution is 2.43. The second-order valence-electron chi connectivity index (χ2n) is 7.74. The van der Waals surface area contributed by atoms with E-state index in [1.165, 1.54) is 19.9 Å². The predicted molar refractivity (Wildman–Crippen MR) is 113 cm³/mol. The van der Waals surface area contributed by atoms with Crippen LogP contribution in [0.25, 0.3) is 10.2 Å². The smallest absolute Gasteiger partial charge is 0.282 e. The van der Waals surface area contributed by atoms with Gasteiger partial charge < -0.3 is 5.11 Å². The van der Waals surface area contributed by atoms with Gasteiger partial charge in [-0.15, -0.1) is 0 Å². The molecule has 2 aromatic rings. The number of thiazole rings is 1. The molecule has 2 fully saturated rings. The molecular weight excluding hydrogens is 412 g/mol. The molecule has 10 heteroatoms. The molecule has 0 unspecified atom stereocenters. The molecule has 29 heavy (non-hydrogen) atoms. The summed E-state index contributed by atoms with van der Waals surface area (Å²) in [4.78, 5) is 19.4. The van der Waals surface area contributed by atoms with Gasteiger partial charge in [0.25, 0.3) is 10.2 Å². The van der Waals surface area contributed by atoms with Crippen LogP contribution in [0.5, 0.6) is 0 Å². The minimum atomic E-state index is -3.61. The van der Waals surface area contributed by atoms with Crippen molar-refractivity contribution in [2.45, 2.75) is 45.4 Å². The van der Waals surface area contributed by atoms with Crippen molar-refractivity contribution in [3.05, 3.63) is 23.8 Å². The number of carbonyl (C=O) groups excluding carboxylic acids is 1. The molecule has 4 rings (SSSR count). The van der Waals surface area contributed by atoms with Crippen molar-refractivity contribution in [1.29, 1.82) is 0 Å². The first-order valence-electron chi connectivity index (χ1n) is 9.86. The van der Waals surface area contributed by atoms with E-state index in [-0.39, 0.29) is 24.6 Å². The quantitative estimate of drug-likeness (QED) is 0.742.